The molecule has 1 aromatic carbocycles. The summed E-state index contributed by atoms with van der Waals surface area (Å²) in [6.07, 6.45) is 1.47. The first kappa shape index (κ1) is 14.5. The van der Waals surface area contributed by atoms with Gasteiger partial charge in [0.1, 0.15) is 11.0 Å². The number of carbonyl (C=O) groups is 1. The van der Waals surface area contributed by atoms with Crippen LogP contribution in [0.3, 0.4) is 0 Å². The number of aromatic nitrogens is 1. The number of benzene rings is 1. The zero-order valence-electron chi connectivity index (χ0n) is 11.2. The molecule has 3 nitrogen and oxygen atoms in total. The number of hydrogen-bond donors (Lipinski definition) is 1. The topological polar surface area (TPSA) is 42.0 Å². The summed E-state index contributed by atoms with van der Waals surface area (Å²) in [6, 6.07) is 7.67. The molecule has 1 heterocycles. The smallest absolute Gasteiger partial charge is 0.251 e. The first-order valence-corrected chi connectivity index (χ1v) is 6.53. The number of nitrogens with one attached hydrogen (secondary N) is 1. The van der Waals surface area contributed by atoms with Crippen molar-refractivity contribution in [3.8, 4) is 0 Å². The number of nitrogens with zero attached hydrogens (tertiary/aromatic N) is 1. The molecule has 2 aromatic rings. The molecule has 20 heavy (non-hydrogen) atoms. The van der Waals surface area contributed by atoms with Gasteiger partial charge in [0.2, 0.25) is 0 Å². The van der Waals surface area contributed by atoms with Crippen molar-refractivity contribution < 1.29 is 9.18 Å². The molecule has 1 amide bonds. The van der Waals surface area contributed by atoms with Gasteiger partial charge in [-0.1, -0.05) is 23.7 Å². The summed E-state index contributed by atoms with van der Waals surface area (Å²) in [5.74, 6) is -0.557. The minimum absolute atomic E-state index is 0.256. The van der Waals surface area contributed by atoms with Gasteiger partial charge in [-0.25, -0.2) is 9.37 Å². The summed E-state index contributed by atoms with van der Waals surface area (Å²) in [4.78, 5) is 15.9. The van der Waals surface area contributed by atoms with E-state index in [9.17, 15) is 9.18 Å². The van der Waals surface area contributed by atoms with Gasteiger partial charge in [-0.3, -0.25) is 4.79 Å². The molecule has 1 unspecified atom stereocenters. The Labute approximate surface area is 121 Å². The van der Waals surface area contributed by atoms with Crippen LogP contribution in [0.25, 0.3) is 0 Å². The normalized spacial score (nSPS) is 12.0. The molecule has 0 aliphatic rings. The number of rotatable bonds is 3. The van der Waals surface area contributed by atoms with Crippen molar-refractivity contribution in [2.75, 3.05) is 0 Å². The predicted molar refractivity (Wildman–Crippen MR) is 76.3 cm³/mol. The van der Waals surface area contributed by atoms with Crippen LogP contribution in [0.1, 0.15) is 34.5 Å². The van der Waals surface area contributed by atoms with Crippen molar-refractivity contribution in [3.05, 3.63) is 64.2 Å². The summed E-state index contributed by atoms with van der Waals surface area (Å²) in [5, 5.41) is 3.05. The largest absolute Gasteiger partial charge is 0.346 e. The second-order valence-electron chi connectivity index (χ2n) is 4.57. The molecule has 0 aliphatic heterocycles. The summed E-state index contributed by atoms with van der Waals surface area (Å²) < 4.78 is 13.5. The molecule has 0 aliphatic carbocycles. The summed E-state index contributed by atoms with van der Waals surface area (Å²) >= 11 is 5.74. The van der Waals surface area contributed by atoms with E-state index in [2.05, 4.69) is 10.3 Å². The van der Waals surface area contributed by atoms with E-state index < -0.39 is 0 Å². The molecule has 1 atom stereocenters. The minimum Gasteiger partial charge on any atom is -0.346 e. The van der Waals surface area contributed by atoms with Crippen LogP contribution in [0.2, 0.25) is 5.15 Å². The fraction of sp³-hybridized carbons (Fsp3) is 0.200. The molecule has 1 N–H and O–H groups in total. The minimum atomic E-state index is -0.301. The summed E-state index contributed by atoms with van der Waals surface area (Å²) in [7, 11) is 0. The molecule has 1 aromatic heterocycles. The van der Waals surface area contributed by atoms with E-state index >= 15 is 0 Å². The molecular weight excluding hydrogens is 279 g/mol. The van der Waals surface area contributed by atoms with Crippen molar-refractivity contribution in [2.45, 2.75) is 19.9 Å². The standard InChI is InChI=1S/C15H14ClFN2O/c1-9-3-4-11(7-13(9)17)10(2)19-15(20)12-5-6-18-14(16)8-12/h3-8,10H,1-2H3,(H,19,20). The molecule has 104 valence electrons. The number of hydrogen-bond acceptors (Lipinski definition) is 2. The molecule has 2 rings (SSSR count). The Morgan fingerprint density at radius 3 is 2.75 bits per heavy atom. The summed E-state index contributed by atoms with van der Waals surface area (Å²) in [5.41, 5.74) is 1.71. The molecule has 0 spiro atoms. The van der Waals surface area contributed by atoms with Gasteiger partial charge in [-0.2, -0.15) is 0 Å². The molecule has 0 saturated heterocycles. The SMILES string of the molecule is Cc1ccc(C(C)NC(=O)c2ccnc(Cl)c2)cc1F. The van der Waals surface area contributed by atoms with Crippen molar-refractivity contribution in [1.29, 1.82) is 0 Å². The van der Waals surface area contributed by atoms with Gasteiger partial charge in [-0.05, 0) is 43.2 Å². The number of pyridine rings is 1. The van der Waals surface area contributed by atoms with E-state index in [0.29, 0.717) is 16.7 Å². The monoisotopic (exact) mass is 292 g/mol. The van der Waals surface area contributed by atoms with Crippen LogP contribution in [0.15, 0.2) is 36.5 Å². The third-order valence-corrected chi connectivity index (χ3v) is 3.24. The Kier molecular flexibility index (Phi) is 4.35. The highest BCUT2D eigenvalue weighted by Gasteiger charge is 2.13. The van der Waals surface area contributed by atoms with Crippen LogP contribution in [0, 0.1) is 12.7 Å². The third-order valence-electron chi connectivity index (χ3n) is 3.03. The van der Waals surface area contributed by atoms with Gasteiger partial charge < -0.3 is 5.32 Å². The van der Waals surface area contributed by atoms with Crippen molar-refractivity contribution in [1.82, 2.24) is 10.3 Å². The van der Waals surface area contributed by atoms with E-state index in [0.717, 1.165) is 0 Å². The highest BCUT2D eigenvalue weighted by molar-refractivity contribution is 6.29. The zero-order chi connectivity index (χ0) is 14.7. The lowest BCUT2D eigenvalue weighted by Gasteiger charge is -2.15. The Balaban J connectivity index is 2.13. The maximum absolute atomic E-state index is 13.5. The Bertz CT molecular complexity index is 646. The molecule has 0 bridgehead atoms. The van der Waals surface area contributed by atoms with Crippen LogP contribution in [-0.4, -0.2) is 10.9 Å². The lowest BCUT2D eigenvalue weighted by atomic mass is 10.1. The number of carbonyl (C=O) groups excluding carboxylic acids is 1. The number of halogens is 2. The van der Waals surface area contributed by atoms with E-state index in [1.807, 2.05) is 0 Å². The zero-order valence-corrected chi connectivity index (χ0v) is 11.9. The lowest BCUT2D eigenvalue weighted by molar-refractivity contribution is 0.0939. The Hall–Kier alpha value is -1.94. The van der Waals surface area contributed by atoms with Gasteiger partial charge in [0.25, 0.3) is 5.91 Å². The van der Waals surface area contributed by atoms with Crippen LogP contribution < -0.4 is 5.32 Å². The van der Waals surface area contributed by atoms with E-state index in [4.69, 9.17) is 11.6 Å². The average molecular weight is 293 g/mol. The van der Waals surface area contributed by atoms with Gasteiger partial charge in [0.15, 0.2) is 0 Å². The maximum atomic E-state index is 13.5. The quantitative estimate of drug-likeness (QED) is 0.877. The van der Waals surface area contributed by atoms with Crippen LogP contribution in [0.5, 0.6) is 0 Å². The molecular formula is C15H14ClFN2O. The van der Waals surface area contributed by atoms with E-state index in [1.165, 1.54) is 18.3 Å². The van der Waals surface area contributed by atoms with Gasteiger partial charge in [-0.15, -0.1) is 0 Å². The molecule has 0 fully saturated rings. The van der Waals surface area contributed by atoms with Gasteiger partial charge in [0, 0.05) is 11.8 Å². The number of amides is 1. The fourth-order valence-corrected chi connectivity index (χ4v) is 1.96. The van der Waals surface area contributed by atoms with E-state index in [1.54, 1.807) is 32.0 Å². The lowest BCUT2D eigenvalue weighted by Crippen LogP contribution is -2.26. The van der Waals surface area contributed by atoms with Crippen molar-refractivity contribution >= 4 is 17.5 Å². The maximum Gasteiger partial charge on any atom is 0.251 e. The highest BCUT2D eigenvalue weighted by Crippen LogP contribution is 2.17. The van der Waals surface area contributed by atoms with E-state index in [-0.39, 0.29) is 22.9 Å². The fourth-order valence-electron chi connectivity index (χ4n) is 1.79. The third kappa shape index (κ3) is 3.33. The van der Waals surface area contributed by atoms with Crippen molar-refractivity contribution in [3.63, 3.8) is 0 Å². The Morgan fingerprint density at radius 1 is 1.35 bits per heavy atom. The Morgan fingerprint density at radius 2 is 2.10 bits per heavy atom. The first-order chi connectivity index (χ1) is 9.47. The van der Waals surface area contributed by atoms with Gasteiger partial charge in [0.05, 0.1) is 6.04 Å². The van der Waals surface area contributed by atoms with Crippen LogP contribution in [0.4, 0.5) is 4.39 Å². The van der Waals surface area contributed by atoms with Crippen molar-refractivity contribution in [2.24, 2.45) is 0 Å². The highest BCUT2D eigenvalue weighted by atomic mass is 35.5. The second kappa shape index (κ2) is 6.01. The number of aryl methyl sites for hydroxylation is 1. The van der Waals surface area contributed by atoms with Crippen LogP contribution in [-0.2, 0) is 0 Å². The molecule has 5 heteroatoms. The van der Waals surface area contributed by atoms with Gasteiger partial charge >= 0.3 is 0 Å². The molecule has 0 saturated carbocycles. The molecule has 0 radical (unpaired) electrons. The first-order valence-electron chi connectivity index (χ1n) is 6.16. The average Bonchev–Trinajstić information content (AvgIpc) is 2.41. The second-order valence-corrected chi connectivity index (χ2v) is 4.96. The predicted octanol–water partition coefficient (Wildman–Crippen LogP) is 3.67. The van der Waals surface area contributed by atoms with Crippen LogP contribution >= 0.6 is 11.6 Å². The summed E-state index contributed by atoms with van der Waals surface area (Å²) in [6.45, 7) is 3.49.